The lowest BCUT2D eigenvalue weighted by molar-refractivity contribution is 0.0996. The van der Waals surface area contributed by atoms with Crippen molar-refractivity contribution in [3.05, 3.63) is 46.4 Å². The van der Waals surface area contributed by atoms with E-state index in [4.69, 9.17) is 5.26 Å². The summed E-state index contributed by atoms with van der Waals surface area (Å²) in [6.45, 7) is 0. The van der Waals surface area contributed by atoms with Gasteiger partial charge in [0.05, 0.1) is 23.3 Å². The van der Waals surface area contributed by atoms with Crippen LogP contribution in [0.4, 0.5) is 5.69 Å². The summed E-state index contributed by atoms with van der Waals surface area (Å²) in [6.07, 6.45) is 1.55. The molecule has 0 spiro atoms. The summed E-state index contributed by atoms with van der Waals surface area (Å²) in [6, 6.07) is 8.91. The van der Waals surface area contributed by atoms with Gasteiger partial charge in [-0.15, -0.1) is 11.3 Å². The van der Waals surface area contributed by atoms with E-state index in [1.165, 1.54) is 16.2 Å². The molecule has 0 aliphatic carbocycles. The Kier molecular flexibility index (Phi) is 3.17. The van der Waals surface area contributed by atoms with Gasteiger partial charge in [0.25, 0.3) is 5.91 Å². The smallest absolute Gasteiger partial charge is 0.269 e. The third kappa shape index (κ3) is 2.32. The molecular weight excluding hydrogens is 234 g/mol. The fourth-order valence-electron chi connectivity index (χ4n) is 1.36. The summed E-state index contributed by atoms with van der Waals surface area (Å²) in [5.74, 6) is -0.0998. The molecular formula is C12H9N3OS. The van der Waals surface area contributed by atoms with Gasteiger partial charge in [0.2, 0.25) is 0 Å². The fraction of sp³-hybridized carbons (Fsp3) is 0.0833. The molecule has 0 bridgehead atoms. The van der Waals surface area contributed by atoms with Gasteiger partial charge in [0, 0.05) is 12.7 Å². The number of nitrogens with zero attached hydrogens (tertiary/aromatic N) is 3. The Labute approximate surface area is 103 Å². The first kappa shape index (κ1) is 11.3. The Hall–Kier alpha value is -2.19. The minimum Gasteiger partial charge on any atom is -0.311 e. The van der Waals surface area contributed by atoms with Crippen molar-refractivity contribution in [3.8, 4) is 6.07 Å². The molecule has 0 saturated heterocycles. The Morgan fingerprint density at radius 2 is 2.12 bits per heavy atom. The Morgan fingerprint density at radius 1 is 1.41 bits per heavy atom. The number of aromatic nitrogens is 1. The highest BCUT2D eigenvalue weighted by Crippen LogP contribution is 2.17. The number of anilines is 1. The van der Waals surface area contributed by atoms with Crippen LogP contribution in [0.25, 0.3) is 0 Å². The van der Waals surface area contributed by atoms with Gasteiger partial charge < -0.3 is 4.90 Å². The number of rotatable bonds is 2. The number of nitriles is 1. The van der Waals surface area contributed by atoms with E-state index in [1.807, 2.05) is 6.07 Å². The van der Waals surface area contributed by atoms with Crippen molar-refractivity contribution in [3.63, 3.8) is 0 Å². The SMILES string of the molecule is CN(C(=O)c1cncs1)c1ccc(C#N)cc1. The third-order valence-corrected chi connectivity index (χ3v) is 3.09. The van der Waals surface area contributed by atoms with Crippen LogP contribution in [-0.4, -0.2) is 17.9 Å². The Bertz CT molecular complexity index is 554. The molecule has 1 aromatic carbocycles. The van der Waals surface area contributed by atoms with Crippen molar-refractivity contribution in [1.29, 1.82) is 5.26 Å². The van der Waals surface area contributed by atoms with Gasteiger partial charge in [0.15, 0.2) is 0 Å². The topological polar surface area (TPSA) is 57.0 Å². The second-order valence-electron chi connectivity index (χ2n) is 3.39. The Balaban J connectivity index is 2.22. The summed E-state index contributed by atoms with van der Waals surface area (Å²) >= 11 is 1.31. The van der Waals surface area contributed by atoms with Crippen molar-refractivity contribution in [2.75, 3.05) is 11.9 Å². The van der Waals surface area contributed by atoms with Gasteiger partial charge in [-0.25, -0.2) is 0 Å². The van der Waals surface area contributed by atoms with E-state index < -0.39 is 0 Å². The predicted molar refractivity (Wildman–Crippen MR) is 66.0 cm³/mol. The van der Waals surface area contributed by atoms with Gasteiger partial charge in [-0.2, -0.15) is 5.26 Å². The first-order valence-electron chi connectivity index (χ1n) is 4.89. The summed E-state index contributed by atoms with van der Waals surface area (Å²) in [5.41, 5.74) is 2.95. The molecule has 0 N–H and O–H groups in total. The van der Waals surface area contributed by atoms with Gasteiger partial charge in [-0.1, -0.05) is 0 Å². The van der Waals surface area contributed by atoms with Crippen LogP contribution in [0.5, 0.6) is 0 Å². The van der Waals surface area contributed by atoms with Crippen LogP contribution in [0, 0.1) is 11.3 Å². The summed E-state index contributed by atoms with van der Waals surface area (Å²) in [4.78, 5) is 18.0. The molecule has 5 heteroatoms. The zero-order valence-electron chi connectivity index (χ0n) is 9.12. The highest BCUT2D eigenvalue weighted by molar-refractivity contribution is 7.11. The fourth-order valence-corrected chi connectivity index (χ4v) is 1.96. The molecule has 0 fully saturated rings. The number of thiazole rings is 1. The lowest BCUT2D eigenvalue weighted by Crippen LogP contribution is -2.25. The summed E-state index contributed by atoms with van der Waals surface area (Å²) < 4.78 is 0. The van der Waals surface area contributed by atoms with Crippen LogP contribution in [0.15, 0.2) is 36.0 Å². The van der Waals surface area contributed by atoms with Gasteiger partial charge in [-0.3, -0.25) is 9.78 Å². The quantitative estimate of drug-likeness (QED) is 0.813. The monoisotopic (exact) mass is 243 g/mol. The number of benzene rings is 1. The number of carbonyl (C=O) groups is 1. The molecule has 17 heavy (non-hydrogen) atoms. The second kappa shape index (κ2) is 4.76. The highest BCUT2D eigenvalue weighted by atomic mass is 32.1. The van der Waals surface area contributed by atoms with Gasteiger partial charge in [0.1, 0.15) is 4.88 Å². The largest absolute Gasteiger partial charge is 0.311 e. The summed E-state index contributed by atoms with van der Waals surface area (Å²) in [5, 5.41) is 8.69. The minimum absolute atomic E-state index is 0.0998. The van der Waals surface area contributed by atoms with Gasteiger partial charge >= 0.3 is 0 Å². The number of carbonyl (C=O) groups excluding carboxylic acids is 1. The molecule has 0 unspecified atom stereocenters. The van der Waals surface area contributed by atoms with E-state index in [0.29, 0.717) is 10.4 Å². The molecule has 1 aromatic heterocycles. The molecule has 0 saturated carbocycles. The molecule has 2 aromatic rings. The molecule has 0 aliphatic rings. The average Bonchev–Trinajstić information content (AvgIpc) is 2.91. The van der Waals surface area contributed by atoms with Crippen molar-refractivity contribution < 1.29 is 4.79 Å². The van der Waals surface area contributed by atoms with Crippen LogP contribution < -0.4 is 4.90 Å². The Morgan fingerprint density at radius 3 is 2.65 bits per heavy atom. The predicted octanol–water partition coefficient (Wildman–Crippen LogP) is 2.29. The van der Waals surface area contributed by atoms with Crippen molar-refractivity contribution in [2.24, 2.45) is 0 Å². The van der Waals surface area contributed by atoms with Gasteiger partial charge in [-0.05, 0) is 24.3 Å². The van der Waals surface area contributed by atoms with Crippen molar-refractivity contribution >= 4 is 22.9 Å². The third-order valence-electron chi connectivity index (χ3n) is 2.33. The van der Waals surface area contributed by atoms with Crippen LogP contribution in [0.3, 0.4) is 0 Å². The zero-order valence-corrected chi connectivity index (χ0v) is 9.94. The van der Waals surface area contributed by atoms with E-state index in [9.17, 15) is 4.79 Å². The molecule has 0 atom stereocenters. The van der Waals surface area contributed by atoms with E-state index >= 15 is 0 Å². The van der Waals surface area contributed by atoms with E-state index in [-0.39, 0.29) is 5.91 Å². The lowest BCUT2D eigenvalue weighted by Gasteiger charge is -2.15. The second-order valence-corrected chi connectivity index (χ2v) is 4.27. The highest BCUT2D eigenvalue weighted by Gasteiger charge is 2.14. The molecule has 0 aliphatic heterocycles. The maximum Gasteiger partial charge on any atom is 0.269 e. The number of hydrogen-bond acceptors (Lipinski definition) is 4. The molecule has 1 amide bonds. The first-order valence-corrected chi connectivity index (χ1v) is 5.77. The summed E-state index contributed by atoms with van der Waals surface area (Å²) in [7, 11) is 1.70. The molecule has 0 radical (unpaired) electrons. The molecule has 84 valence electrons. The van der Waals surface area contributed by atoms with E-state index in [2.05, 4.69) is 4.98 Å². The maximum absolute atomic E-state index is 12.0. The van der Waals surface area contributed by atoms with Crippen molar-refractivity contribution in [2.45, 2.75) is 0 Å². The first-order chi connectivity index (χ1) is 8.22. The van der Waals surface area contributed by atoms with Crippen LogP contribution in [0.1, 0.15) is 15.2 Å². The maximum atomic E-state index is 12.0. The van der Waals surface area contributed by atoms with E-state index in [1.54, 1.807) is 43.0 Å². The van der Waals surface area contributed by atoms with E-state index in [0.717, 1.165) is 5.69 Å². The molecule has 1 heterocycles. The van der Waals surface area contributed by atoms with Crippen LogP contribution >= 0.6 is 11.3 Å². The van der Waals surface area contributed by atoms with Crippen LogP contribution in [-0.2, 0) is 0 Å². The molecule has 4 nitrogen and oxygen atoms in total. The standard InChI is InChI=1S/C12H9N3OS/c1-15(12(16)11-7-14-8-17-11)10-4-2-9(6-13)3-5-10/h2-5,7-8H,1H3. The number of amides is 1. The number of hydrogen-bond donors (Lipinski definition) is 0. The average molecular weight is 243 g/mol. The minimum atomic E-state index is -0.0998. The normalized spacial score (nSPS) is 9.65. The molecule has 2 rings (SSSR count). The van der Waals surface area contributed by atoms with Crippen molar-refractivity contribution in [1.82, 2.24) is 4.98 Å². The zero-order chi connectivity index (χ0) is 12.3. The van der Waals surface area contributed by atoms with Crippen LogP contribution in [0.2, 0.25) is 0 Å². The lowest BCUT2D eigenvalue weighted by atomic mass is 10.2.